The summed E-state index contributed by atoms with van der Waals surface area (Å²) < 4.78 is 4.64. The fourth-order valence-electron chi connectivity index (χ4n) is 1.04. The molecule has 0 amide bonds. The molecule has 1 aliphatic rings. The molecule has 5 heteroatoms. The van der Waals surface area contributed by atoms with E-state index in [4.69, 9.17) is 10.2 Å². The van der Waals surface area contributed by atoms with Crippen LogP contribution in [-0.4, -0.2) is 51.1 Å². The lowest BCUT2D eigenvalue weighted by molar-refractivity contribution is -0.169. The molecule has 1 rings (SSSR count). The number of hydrogen-bond acceptors (Lipinski definition) is 5. The molecule has 1 heterocycles. The van der Waals surface area contributed by atoms with Crippen LogP contribution in [-0.2, 0) is 4.74 Å². The Balaban J connectivity index is 2.71. The highest BCUT2D eigenvalue weighted by molar-refractivity contribution is 4.95. The summed E-state index contributed by atoms with van der Waals surface area (Å²) in [6, 6.07) is 0. The molecule has 0 saturated carbocycles. The average Bonchev–Trinajstić information content (AvgIpc) is 2.14. The molecule has 11 heavy (non-hydrogen) atoms. The van der Waals surface area contributed by atoms with Crippen molar-refractivity contribution in [1.82, 2.24) is 0 Å². The van der Waals surface area contributed by atoms with Crippen LogP contribution >= 0.6 is 0 Å². The highest BCUT2D eigenvalue weighted by Crippen LogP contribution is 2.28. The quantitative estimate of drug-likeness (QED) is 0.353. The second-order valence-electron chi connectivity index (χ2n) is 2.88. The van der Waals surface area contributed by atoms with Crippen LogP contribution in [0.5, 0.6) is 0 Å². The van der Waals surface area contributed by atoms with Gasteiger partial charge in [-0.25, -0.2) is 0 Å². The third-order valence-electron chi connectivity index (χ3n) is 1.93. The van der Waals surface area contributed by atoms with Crippen molar-refractivity contribution in [1.29, 1.82) is 0 Å². The Kier molecular flexibility index (Phi) is 2.17. The highest BCUT2D eigenvalue weighted by atomic mass is 16.7. The summed E-state index contributed by atoms with van der Waals surface area (Å²) in [4.78, 5) is 0. The molecular weight excluding hydrogens is 152 g/mol. The number of aliphatic hydroxyl groups is 4. The molecule has 4 atom stereocenters. The molecule has 0 unspecified atom stereocenters. The van der Waals surface area contributed by atoms with Gasteiger partial charge in [-0.05, 0) is 6.92 Å². The van der Waals surface area contributed by atoms with E-state index in [1.165, 1.54) is 6.92 Å². The Bertz CT molecular complexity index is 146. The molecule has 4 N–H and O–H groups in total. The number of aliphatic hydroxyl groups excluding tert-OH is 3. The Morgan fingerprint density at radius 1 is 1.45 bits per heavy atom. The van der Waals surface area contributed by atoms with Crippen LogP contribution in [0.25, 0.3) is 0 Å². The molecule has 0 spiro atoms. The number of hydrogen-bond donors (Lipinski definition) is 4. The van der Waals surface area contributed by atoms with E-state index in [-0.39, 0.29) is 0 Å². The Morgan fingerprint density at radius 3 is 2.18 bits per heavy atom. The van der Waals surface area contributed by atoms with Gasteiger partial charge in [0.1, 0.15) is 17.8 Å². The molecule has 66 valence electrons. The fourth-order valence-corrected chi connectivity index (χ4v) is 1.04. The monoisotopic (exact) mass is 164 g/mol. The Labute approximate surface area is 63.8 Å². The van der Waals surface area contributed by atoms with E-state index in [0.29, 0.717) is 0 Å². The van der Waals surface area contributed by atoms with Crippen molar-refractivity contribution in [3.05, 3.63) is 0 Å². The van der Waals surface area contributed by atoms with Gasteiger partial charge in [-0.3, -0.25) is 0 Å². The SMILES string of the molecule is C[C@@]1(O)[C@H](O)O[C@H](CO)[C@H]1O. The summed E-state index contributed by atoms with van der Waals surface area (Å²) in [6.07, 6.45) is -3.59. The highest BCUT2D eigenvalue weighted by Gasteiger charge is 2.51. The van der Waals surface area contributed by atoms with Gasteiger partial charge < -0.3 is 25.2 Å². The van der Waals surface area contributed by atoms with Crippen LogP contribution < -0.4 is 0 Å². The van der Waals surface area contributed by atoms with Crippen molar-refractivity contribution in [2.24, 2.45) is 0 Å². The molecule has 0 bridgehead atoms. The predicted molar refractivity (Wildman–Crippen MR) is 34.6 cm³/mol. The van der Waals surface area contributed by atoms with Gasteiger partial charge in [0, 0.05) is 0 Å². The maximum Gasteiger partial charge on any atom is 0.186 e. The van der Waals surface area contributed by atoms with E-state index >= 15 is 0 Å². The van der Waals surface area contributed by atoms with Gasteiger partial charge in [-0.2, -0.15) is 0 Å². The molecule has 1 aliphatic heterocycles. The van der Waals surface area contributed by atoms with E-state index in [1.807, 2.05) is 0 Å². The van der Waals surface area contributed by atoms with Gasteiger partial charge in [-0.1, -0.05) is 0 Å². The molecule has 1 fully saturated rings. The largest absolute Gasteiger partial charge is 0.394 e. The van der Waals surface area contributed by atoms with E-state index in [9.17, 15) is 10.2 Å². The molecule has 0 aliphatic carbocycles. The lowest BCUT2D eigenvalue weighted by Crippen LogP contribution is -2.45. The first-order valence-electron chi connectivity index (χ1n) is 3.35. The van der Waals surface area contributed by atoms with Crippen LogP contribution in [0, 0.1) is 0 Å². The molecule has 0 aromatic heterocycles. The van der Waals surface area contributed by atoms with Gasteiger partial charge in [0.25, 0.3) is 0 Å². The summed E-state index contributed by atoms with van der Waals surface area (Å²) in [7, 11) is 0. The lowest BCUT2D eigenvalue weighted by atomic mass is 9.98. The molecule has 0 radical (unpaired) electrons. The third kappa shape index (κ3) is 1.25. The normalized spacial score (nSPS) is 51.5. The maximum absolute atomic E-state index is 9.30. The second kappa shape index (κ2) is 2.69. The molecule has 1 saturated heterocycles. The zero-order valence-corrected chi connectivity index (χ0v) is 6.14. The van der Waals surface area contributed by atoms with E-state index in [0.717, 1.165) is 0 Å². The number of rotatable bonds is 1. The summed E-state index contributed by atoms with van der Waals surface area (Å²) in [6.45, 7) is 0.826. The van der Waals surface area contributed by atoms with Gasteiger partial charge in [-0.15, -0.1) is 0 Å². The molecule has 0 aromatic carbocycles. The lowest BCUT2D eigenvalue weighted by Gasteiger charge is -2.22. The van der Waals surface area contributed by atoms with Crippen molar-refractivity contribution in [3.8, 4) is 0 Å². The topological polar surface area (TPSA) is 90.2 Å². The smallest absolute Gasteiger partial charge is 0.186 e. The van der Waals surface area contributed by atoms with Crippen molar-refractivity contribution < 1.29 is 25.2 Å². The molecule has 0 aromatic rings. The average molecular weight is 164 g/mol. The van der Waals surface area contributed by atoms with Crippen molar-refractivity contribution in [3.63, 3.8) is 0 Å². The number of ether oxygens (including phenoxy) is 1. The maximum atomic E-state index is 9.30. The van der Waals surface area contributed by atoms with Crippen LogP contribution in [0.3, 0.4) is 0 Å². The van der Waals surface area contributed by atoms with Gasteiger partial charge >= 0.3 is 0 Å². The van der Waals surface area contributed by atoms with Gasteiger partial charge in [0.2, 0.25) is 0 Å². The van der Waals surface area contributed by atoms with E-state index < -0.39 is 30.7 Å². The first kappa shape index (κ1) is 8.89. The van der Waals surface area contributed by atoms with Crippen LogP contribution in [0.1, 0.15) is 6.92 Å². The third-order valence-corrected chi connectivity index (χ3v) is 1.93. The van der Waals surface area contributed by atoms with E-state index in [2.05, 4.69) is 4.74 Å². The van der Waals surface area contributed by atoms with Crippen molar-refractivity contribution in [2.45, 2.75) is 31.0 Å². The standard InChI is InChI=1S/C6H12O5/c1-6(10)4(8)3(2-7)11-5(6)9/h3-5,7-10H,2H2,1H3/t3-,4-,5-,6+/m1/s1. The second-order valence-corrected chi connectivity index (χ2v) is 2.88. The fraction of sp³-hybridized carbons (Fsp3) is 1.00. The van der Waals surface area contributed by atoms with Crippen molar-refractivity contribution >= 4 is 0 Å². The van der Waals surface area contributed by atoms with Gasteiger partial charge in [0.15, 0.2) is 6.29 Å². The molecule has 5 nitrogen and oxygen atoms in total. The summed E-state index contributed by atoms with van der Waals surface area (Å²) in [5.74, 6) is 0. The summed E-state index contributed by atoms with van der Waals surface area (Å²) >= 11 is 0. The minimum Gasteiger partial charge on any atom is -0.394 e. The minimum atomic E-state index is -1.69. The van der Waals surface area contributed by atoms with E-state index in [1.54, 1.807) is 0 Å². The first-order valence-corrected chi connectivity index (χ1v) is 3.35. The van der Waals surface area contributed by atoms with Crippen LogP contribution in [0.15, 0.2) is 0 Å². The first-order chi connectivity index (χ1) is 5.00. The van der Waals surface area contributed by atoms with Crippen LogP contribution in [0.4, 0.5) is 0 Å². The predicted octanol–water partition coefficient (Wildman–Crippen LogP) is -2.19. The summed E-state index contributed by atoms with van der Waals surface area (Å²) in [5, 5.41) is 36.1. The Hall–Kier alpha value is -0.200. The zero-order chi connectivity index (χ0) is 8.65. The summed E-state index contributed by atoms with van der Waals surface area (Å²) in [5.41, 5.74) is -1.69. The zero-order valence-electron chi connectivity index (χ0n) is 6.14. The van der Waals surface area contributed by atoms with Crippen molar-refractivity contribution in [2.75, 3.05) is 6.61 Å². The van der Waals surface area contributed by atoms with Gasteiger partial charge in [0.05, 0.1) is 6.61 Å². The van der Waals surface area contributed by atoms with Crippen LogP contribution in [0.2, 0.25) is 0 Å². The minimum absolute atomic E-state index is 0.422. The Morgan fingerprint density at radius 2 is 2.00 bits per heavy atom. The molecular formula is C6H12O5.